The Morgan fingerprint density at radius 2 is 1.83 bits per heavy atom. The lowest BCUT2D eigenvalue weighted by Crippen LogP contribution is -2.16. The number of carbonyl (C=O) groups excluding carboxylic acids is 1. The number of methoxy groups -OCH3 is 1. The van der Waals surface area contributed by atoms with Crippen LogP contribution in [0.25, 0.3) is 0 Å². The smallest absolute Gasteiger partial charge is 0.234 e. The van der Waals surface area contributed by atoms with Crippen LogP contribution in [0, 0.1) is 13.8 Å². The molecular formula is C22H25BrN4O2S. The van der Waals surface area contributed by atoms with Gasteiger partial charge in [0.1, 0.15) is 11.6 Å². The fourth-order valence-corrected chi connectivity index (χ4v) is 4.72. The average molecular weight is 489 g/mol. The first-order valence-corrected chi connectivity index (χ1v) is 11.4. The molecule has 2 aromatic carbocycles. The molecule has 1 heterocycles. The van der Waals surface area contributed by atoms with Gasteiger partial charge in [-0.2, -0.15) is 0 Å². The second-order valence-corrected chi connectivity index (χ2v) is 8.78. The number of rotatable bonds is 8. The highest BCUT2D eigenvalue weighted by Gasteiger charge is 2.15. The molecule has 30 heavy (non-hydrogen) atoms. The summed E-state index contributed by atoms with van der Waals surface area (Å²) in [6, 6.07) is 11.9. The van der Waals surface area contributed by atoms with E-state index >= 15 is 0 Å². The van der Waals surface area contributed by atoms with Crippen molar-refractivity contribution >= 4 is 39.3 Å². The molecule has 3 rings (SSSR count). The third kappa shape index (κ3) is 5.43. The van der Waals surface area contributed by atoms with E-state index in [0.717, 1.165) is 50.1 Å². The molecule has 3 aromatic rings. The van der Waals surface area contributed by atoms with E-state index in [4.69, 9.17) is 4.74 Å². The Morgan fingerprint density at radius 3 is 2.43 bits per heavy atom. The van der Waals surface area contributed by atoms with Crippen LogP contribution in [0.5, 0.6) is 5.75 Å². The topological polar surface area (TPSA) is 69.0 Å². The summed E-state index contributed by atoms with van der Waals surface area (Å²) >= 11 is 4.88. The number of nitrogens with zero attached hydrogens (tertiary/aromatic N) is 3. The molecule has 0 aliphatic heterocycles. The summed E-state index contributed by atoms with van der Waals surface area (Å²) < 4.78 is 8.27. The van der Waals surface area contributed by atoms with E-state index in [0.29, 0.717) is 6.42 Å². The van der Waals surface area contributed by atoms with Crippen LogP contribution in [0.15, 0.2) is 46.0 Å². The molecule has 1 amide bonds. The molecule has 8 heteroatoms. The number of aromatic nitrogens is 3. The molecule has 0 spiro atoms. The van der Waals surface area contributed by atoms with Crippen molar-refractivity contribution in [3.8, 4) is 5.75 Å². The highest BCUT2D eigenvalue weighted by atomic mass is 79.9. The molecule has 0 aliphatic carbocycles. The number of benzene rings is 2. The van der Waals surface area contributed by atoms with Gasteiger partial charge in [0.25, 0.3) is 0 Å². The minimum Gasteiger partial charge on any atom is -0.497 e. The van der Waals surface area contributed by atoms with Gasteiger partial charge in [-0.1, -0.05) is 39.8 Å². The zero-order chi connectivity index (χ0) is 21.7. The number of ether oxygens (including phenoxy) is 1. The first-order chi connectivity index (χ1) is 14.4. The molecule has 6 nitrogen and oxygen atoms in total. The summed E-state index contributed by atoms with van der Waals surface area (Å²) in [4.78, 5) is 12.5. The first-order valence-electron chi connectivity index (χ1n) is 9.65. The summed E-state index contributed by atoms with van der Waals surface area (Å²) in [5.74, 6) is 1.92. The summed E-state index contributed by atoms with van der Waals surface area (Å²) in [6.45, 7) is 6.77. The van der Waals surface area contributed by atoms with Crippen LogP contribution in [-0.4, -0.2) is 33.5 Å². The van der Waals surface area contributed by atoms with Gasteiger partial charge >= 0.3 is 0 Å². The molecule has 0 fully saturated rings. The number of halogens is 1. The Kier molecular flexibility index (Phi) is 7.55. The molecule has 1 aromatic heterocycles. The Hall–Kier alpha value is -2.32. The molecule has 1 N–H and O–H groups in total. The van der Waals surface area contributed by atoms with Crippen molar-refractivity contribution in [3.05, 3.63) is 63.4 Å². The molecule has 0 bridgehead atoms. The highest BCUT2D eigenvalue weighted by molar-refractivity contribution is 9.10. The molecule has 0 radical (unpaired) electrons. The second kappa shape index (κ2) is 10.1. The van der Waals surface area contributed by atoms with Crippen LogP contribution in [0.4, 0.5) is 5.69 Å². The highest BCUT2D eigenvalue weighted by Crippen LogP contribution is 2.26. The third-order valence-electron chi connectivity index (χ3n) is 4.73. The summed E-state index contributed by atoms with van der Waals surface area (Å²) in [5, 5.41) is 12.4. The zero-order valence-corrected chi connectivity index (χ0v) is 19.9. The molecule has 0 saturated heterocycles. The van der Waals surface area contributed by atoms with Crippen molar-refractivity contribution < 1.29 is 9.53 Å². The van der Waals surface area contributed by atoms with Crippen molar-refractivity contribution in [1.82, 2.24) is 14.8 Å². The van der Waals surface area contributed by atoms with E-state index in [-0.39, 0.29) is 11.7 Å². The average Bonchev–Trinajstić information content (AvgIpc) is 3.11. The van der Waals surface area contributed by atoms with E-state index in [1.807, 2.05) is 50.2 Å². The van der Waals surface area contributed by atoms with E-state index in [9.17, 15) is 4.79 Å². The minimum absolute atomic E-state index is 0.0594. The maximum Gasteiger partial charge on any atom is 0.234 e. The van der Waals surface area contributed by atoms with E-state index in [2.05, 4.69) is 42.9 Å². The van der Waals surface area contributed by atoms with Gasteiger partial charge in [0.05, 0.1) is 12.9 Å². The predicted molar refractivity (Wildman–Crippen MR) is 124 cm³/mol. The van der Waals surface area contributed by atoms with Crippen molar-refractivity contribution in [3.63, 3.8) is 0 Å². The Morgan fingerprint density at radius 1 is 1.17 bits per heavy atom. The number of thioether (sulfide) groups is 1. The van der Waals surface area contributed by atoms with Crippen molar-refractivity contribution in [1.29, 1.82) is 0 Å². The van der Waals surface area contributed by atoms with Gasteiger partial charge in [-0.3, -0.25) is 4.79 Å². The first kappa shape index (κ1) is 22.4. The van der Waals surface area contributed by atoms with Crippen LogP contribution < -0.4 is 10.1 Å². The van der Waals surface area contributed by atoms with Crippen molar-refractivity contribution in [2.24, 2.45) is 0 Å². The maximum absolute atomic E-state index is 12.5. The fourth-order valence-electron chi connectivity index (χ4n) is 3.21. The lowest BCUT2D eigenvalue weighted by atomic mass is 10.1. The number of carbonyl (C=O) groups is 1. The van der Waals surface area contributed by atoms with Gasteiger partial charge in [-0.25, -0.2) is 0 Å². The number of amides is 1. The Balaban J connectivity index is 1.65. The van der Waals surface area contributed by atoms with E-state index in [1.54, 1.807) is 7.11 Å². The number of anilines is 1. The lowest BCUT2D eigenvalue weighted by Gasteiger charge is -2.12. The van der Waals surface area contributed by atoms with Crippen LogP contribution in [0.3, 0.4) is 0 Å². The minimum atomic E-state index is -0.0594. The normalized spacial score (nSPS) is 10.8. The maximum atomic E-state index is 12.5. The summed E-state index contributed by atoms with van der Waals surface area (Å²) in [7, 11) is 1.65. The number of aryl methyl sites for hydroxylation is 2. The SMILES string of the molecule is CCn1c(Cc2ccc(OC)cc2)nnc1SCC(=O)Nc1c(C)cc(Br)cc1C. The fraction of sp³-hybridized carbons (Fsp3) is 0.318. The molecule has 0 unspecified atom stereocenters. The molecular weight excluding hydrogens is 464 g/mol. The number of nitrogens with one attached hydrogen (secondary N) is 1. The third-order valence-corrected chi connectivity index (χ3v) is 6.15. The monoisotopic (exact) mass is 488 g/mol. The molecule has 158 valence electrons. The van der Waals surface area contributed by atoms with Gasteiger partial charge in [0, 0.05) is 23.1 Å². The van der Waals surface area contributed by atoms with Crippen LogP contribution in [0.1, 0.15) is 29.4 Å². The van der Waals surface area contributed by atoms with Crippen molar-refractivity contribution in [2.45, 2.75) is 38.9 Å². The number of hydrogen-bond donors (Lipinski definition) is 1. The largest absolute Gasteiger partial charge is 0.497 e. The predicted octanol–water partition coefficient (Wildman–Crippen LogP) is 5.01. The summed E-state index contributed by atoms with van der Waals surface area (Å²) in [6.07, 6.45) is 0.675. The van der Waals surface area contributed by atoms with Gasteiger partial charge in [0.2, 0.25) is 5.91 Å². The Labute approximate surface area is 189 Å². The molecule has 0 aliphatic rings. The van der Waals surface area contributed by atoms with E-state index < -0.39 is 0 Å². The van der Waals surface area contributed by atoms with Gasteiger partial charge in [-0.15, -0.1) is 10.2 Å². The molecule has 0 atom stereocenters. The second-order valence-electron chi connectivity index (χ2n) is 6.92. The number of hydrogen-bond acceptors (Lipinski definition) is 5. The zero-order valence-electron chi connectivity index (χ0n) is 17.5. The summed E-state index contributed by atoms with van der Waals surface area (Å²) in [5.41, 5.74) is 4.05. The van der Waals surface area contributed by atoms with E-state index in [1.165, 1.54) is 11.8 Å². The Bertz CT molecular complexity index is 1010. The molecule has 0 saturated carbocycles. The quantitative estimate of drug-likeness (QED) is 0.451. The standard InChI is InChI=1S/C22H25BrN4O2S/c1-5-27-19(12-16-6-8-18(29-4)9-7-16)25-26-22(27)30-13-20(28)24-21-14(2)10-17(23)11-15(21)3/h6-11H,5,12-13H2,1-4H3,(H,24,28). The van der Waals surface area contributed by atoms with Crippen molar-refractivity contribution in [2.75, 3.05) is 18.2 Å². The van der Waals surface area contributed by atoms with Crippen LogP contribution >= 0.6 is 27.7 Å². The van der Waals surface area contributed by atoms with Crippen LogP contribution in [-0.2, 0) is 17.8 Å². The van der Waals surface area contributed by atoms with Gasteiger partial charge in [0.15, 0.2) is 5.16 Å². The lowest BCUT2D eigenvalue weighted by molar-refractivity contribution is -0.113. The van der Waals surface area contributed by atoms with Crippen LogP contribution in [0.2, 0.25) is 0 Å². The van der Waals surface area contributed by atoms with Gasteiger partial charge < -0.3 is 14.6 Å². The van der Waals surface area contributed by atoms with Gasteiger partial charge in [-0.05, 0) is 61.7 Å².